The Kier molecular flexibility index (Phi) is 4.52. The maximum Gasteiger partial charge on any atom is 0.137 e. The number of benzene rings is 1. The first-order chi connectivity index (χ1) is 15.3. The number of piperazine rings is 1. The lowest BCUT2D eigenvalue weighted by atomic mass is 10.0. The maximum atomic E-state index is 4.70. The Morgan fingerprint density at radius 2 is 1.71 bits per heavy atom. The summed E-state index contributed by atoms with van der Waals surface area (Å²) in [4.78, 5) is 18.2. The third-order valence-electron chi connectivity index (χ3n) is 6.12. The van der Waals surface area contributed by atoms with Crippen LogP contribution in [0.5, 0.6) is 0 Å². The molecule has 6 heteroatoms. The van der Waals surface area contributed by atoms with Gasteiger partial charge in [-0.05, 0) is 35.4 Å². The fraction of sp³-hybridized carbons (Fsp3) is 0.200. The Morgan fingerprint density at radius 3 is 2.65 bits per heavy atom. The van der Waals surface area contributed by atoms with Crippen molar-refractivity contribution < 1.29 is 0 Å². The molecule has 1 aromatic carbocycles. The standard InChI is InChI=1S/C25H24N6/c1-2-17(16-31-8-6-26-7-9-31)10-18(3-1)20-12-22-23(15-30-25(22)29-13-20)21-11-19-4-5-27-24(19)28-14-21/h1-5,10-15,26H,6-9,16H2,(H,27,28)(H,29,30). The summed E-state index contributed by atoms with van der Waals surface area (Å²) < 4.78 is 0. The zero-order valence-electron chi connectivity index (χ0n) is 17.2. The van der Waals surface area contributed by atoms with Crippen LogP contribution in [-0.2, 0) is 6.54 Å². The predicted molar refractivity (Wildman–Crippen MR) is 125 cm³/mol. The van der Waals surface area contributed by atoms with Crippen molar-refractivity contribution in [3.05, 3.63) is 72.8 Å². The van der Waals surface area contributed by atoms with Gasteiger partial charge in [0.15, 0.2) is 0 Å². The smallest absolute Gasteiger partial charge is 0.137 e. The second-order valence-corrected chi connectivity index (χ2v) is 8.19. The molecule has 0 radical (unpaired) electrons. The summed E-state index contributed by atoms with van der Waals surface area (Å²) in [6.07, 6.45) is 7.82. The molecular weight excluding hydrogens is 384 g/mol. The monoisotopic (exact) mass is 408 g/mol. The molecule has 0 unspecified atom stereocenters. The Balaban J connectivity index is 1.36. The lowest BCUT2D eigenvalue weighted by Crippen LogP contribution is -2.42. The van der Waals surface area contributed by atoms with Crippen LogP contribution in [0.2, 0.25) is 0 Å². The van der Waals surface area contributed by atoms with Gasteiger partial charge in [0.25, 0.3) is 0 Å². The zero-order chi connectivity index (χ0) is 20.6. The molecule has 5 heterocycles. The molecule has 6 rings (SSSR count). The van der Waals surface area contributed by atoms with Crippen molar-refractivity contribution in [2.75, 3.05) is 26.2 Å². The number of aromatic amines is 2. The van der Waals surface area contributed by atoms with Gasteiger partial charge in [0, 0.05) is 85.0 Å². The van der Waals surface area contributed by atoms with Crippen molar-refractivity contribution in [3.8, 4) is 22.3 Å². The summed E-state index contributed by atoms with van der Waals surface area (Å²) >= 11 is 0. The molecule has 4 aromatic heterocycles. The molecular formula is C25H24N6. The number of nitrogens with one attached hydrogen (secondary N) is 3. The fourth-order valence-electron chi connectivity index (χ4n) is 4.46. The predicted octanol–water partition coefficient (Wildman–Crippen LogP) is 4.18. The number of H-pyrrole nitrogens is 2. The van der Waals surface area contributed by atoms with Gasteiger partial charge >= 0.3 is 0 Å². The van der Waals surface area contributed by atoms with Crippen LogP contribution in [0.15, 0.2) is 67.3 Å². The van der Waals surface area contributed by atoms with Crippen LogP contribution in [0.3, 0.4) is 0 Å². The van der Waals surface area contributed by atoms with E-state index in [1.54, 1.807) is 0 Å². The van der Waals surface area contributed by atoms with Crippen molar-refractivity contribution in [2.24, 2.45) is 0 Å². The molecule has 0 saturated carbocycles. The largest absolute Gasteiger partial charge is 0.346 e. The van der Waals surface area contributed by atoms with Crippen molar-refractivity contribution >= 4 is 22.1 Å². The summed E-state index contributed by atoms with van der Waals surface area (Å²) in [7, 11) is 0. The van der Waals surface area contributed by atoms with E-state index in [1.165, 1.54) is 11.1 Å². The van der Waals surface area contributed by atoms with Crippen LogP contribution < -0.4 is 5.32 Å². The number of rotatable bonds is 4. The van der Waals surface area contributed by atoms with Gasteiger partial charge in [-0.3, -0.25) is 4.90 Å². The van der Waals surface area contributed by atoms with Crippen molar-refractivity contribution in [3.63, 3.8) is 0 Å². The highest BCUT2D eigenvalue weighted by molar-refractivity contribution is 5.97. The molecule has 5 aromatic rings. The average molecular weight is 409 g/mol. The molecule has 0 spiro atoms. The summed E-state index contributed by atoms with van der Waals surface area (Å²) in [5.41, 5.74) is 7.69. The first-order valence-corrected chi connectivity index (χ1v) is 10.8. The van der Waals surface area contributed by atoms with E-state index in [2.05, 4.69) is 61.6 Å². The number of pyridine rings is 2. The highest BCUT2D eigenvalue weighted by Gasteiger charge is 2.12. The van der Waals surface area contributed by atoms with Gasteiger partial charge in [0.2, 0.25) is 0 Å². The van der Waals surface area contributed by atoms with E-state index in [0.717, 1.165) is 71.5 Å². The van der Waals surface area contributed by atoms with Crippen molar-refractivity contribution in [2.45, 2.75) is 6.54 Å². The van der Waals surface area contributed by atoms with Crippen molar-refractivity contribution in [1.29, 1.82) is 0 Å². The number of hydrogen-bond donors (Lipinski definition) is 3. The summed E-state index contributed by atoms with van der Waals surface area (Å²) in [5.74, 6) is 0. The molecule has 1 saturated heterocycles. The zero-order valence-corrected chi connectivity index (χ0v) is 17.2. The Morgan fingerprint density at radius 1 is 0.839 bits per heavy atom. The molecule has 0 amide bonds. The molecule has 1 aliphatic heterocycles. The lowest BCUT2D eigenvalue weighted by Gasteiger charge is -2.27. The highest BCUT2D eigenvalue weighted by atomic mass is 15.2. The average Bonchev–Trinajstić information content (AvgIpc) is 3.46. The second-order valence-electron chi connectivity index (χ2n) is 8.19. The number of aromatic nitrogens is 4. The van der Waals surface area contributed by atoms with Crippen LogP contribution >= 0.6 is 0 Å². The third kappa shape index (κ3) is 3.50. The van der Waals surface area contributed by atoms with E-state index in [9.17, 15) is 0 Å². The van der Waals surface area contributed by atoms with E-state index in [-0.39, 0.29) is 0 Å². The summed E-state index contributed by atoms with van der Waals surface area (Å²) in [5, 5.41) is 5.64. The van der Waals surface area contributed by atoms with Crippen LogP contribution in [-0.4, -0.2) is 51.0 Å². The van der Waals surface area contributed by atoms with E-state index in [1.807, 2.05) is 30.9 Å². The SMILES string of the molecule is c1cc(CN2CCNCC2)cc(-c2cnc3[nH]cc(-c4cnc5[nH]ccc5c4)c3c2)c1. The van der Waals surface area contributed by atoms with Crippen LogP contribution in [0.1, 0.15) is 5.56 Å². The molecule has 154 valence electrons. The normalized spacial score (nSPS) is 15.1. The quantitative estimate of drug-likeness (QED) is 0.417. The third-order valence-corrected chi connectivity index (χ3v) is 6.12. The molecule has 1 aliphatic rings. The summed E-state index contributed by atoms with van der Waals surface area (Å²) in [6.45, 7) is 5.33. The van der Waals surface area contributed by atoms with Crippen LogP contribution in [0.25, 0.3) is 44.3 Å². The highest BCUT2D eigenvalue weighted by Crippen LogP contribution is 2.32. The first-order valence-electron chi connectivity index (χ1n) is 10.8. The Hall–Kier alpha value is -3.48. The van der Waals surface area contributed by atoms with Gasteiger partial charge < -0.3 is 15.3 Å². The summed E-state index contributed by atoms with van der Waals surface area (Å²) in [6, 6.07) is 15.3. The van der Waals surface area contributed by atoms with Gasteiger partial charge in [-0.25, -0.2) is 9.97 Å². The van der Waals surface area contributed by atoms with Gasteiger partial charge in [0.1, 0.15) is 11.3 Å². The lowest BCUT2D eigenvalue weighted by molar-refractivity contribution is 0.233. The molecule has 1 fully saturated rings. The minimum atomic E-state index is 0.893. The van der Waals surface area contributed by atoms with Crippen LogP contribution in [0.4, 0.5) is 0 Å². The van der Waals surface area contributed by atoms with E-state index in [4.69, 9.17) is 4.98 Å². The molecule has 3 N–H and O–H groups in total. The first kappa shape index (κ1) is 18.3. The minimum Gasteiger partial charge on any atom is -0.346 e. The van der Waals surface area contributed by atoms with E-state index in [0.29, 0.717) is 0 Å². The molecule has 0 aliphatic carbocycles. The van der Waals surface area contributed by atoms with E-state index >= 15 is 0 Å². The van der Waals surface area contributed by atoms with E-state index < -0.39 is 0 Å². The number of nitrogens with zero attached hydrogens (tertiary/aromatic N) is 3. The van der Waals surface area contributed by atoms with Crippen molar-refractivity contribution in [1.82, 2.24) is 30.2 Å². The Labute approximate surface area is 180 Å². The topological polar surface area (TPSA) is 72.6 Å². The molecule has 0 bridgehead atoms. The fourth-order valence-corrected chi connectivity index (χ4v) is 4.46. The van der Waals surface area contributed by atoms with Gasteiger partial charge in [-0.15, -0.1) is 0 Å². The molecule has 6 nitrogen and oxygen atoms in total. The van der Waals surface area contributed by atoms with Gasteiger partial charge in [-0.2, -0.15) is 0 Å². The molecule has 0 atom stereocenters. The minimum absolute atomic E-state index is 0.893. The van der Waals surface area contributed by atoms with Crippen LogP contribution in [0, 0.1) is 0 Å². The Bertz CT molecular complexity index is 1360. The maximum absolute atomic E-state index is 4.70. The van der Waals surface area contributed by atoms with Gasteiger partial charge in [0.05, 0.1) is 0 Å². The van der Waals surface area contributed by atoms with Gasteiger partial charge in [-0.1, -0.05) is 18.2 Å². The number of fused-ring (bicyclic) bond motifs is 2. The second kappa shape index (κ2) is 7.65. The number of hydrogen-bond acceptors (Lipinski definition) is 4. The molecule has 31 heavy (non-hydrogen) atoms.